The molecule has 0 fully saturated rings. The topological polar surface area (TPSA) is 39.7 Å². The average molecular weight is 506 g/mol. The Labute approximate surface area is 224 Å². The minimum atomic E-state index is 0.226. The molecule has 1 N–H and O–H groups in total. The van der Waals surface area contributed by atoms with Gasteiger partial charge in [0.2, 0.25) is 0 Å². The van der Waals surface area contributed by atoms with Crippen LogP contribution in [-0.4, -0.2) is 45.6 Å². The Balaban J connectivity index is 2.05. The zero-order chi connectivity index (χ0) is 25.8. The Morgan fingerprint density at radius 2 is 1.11 bits per heavy atom. The lowest BCUT2D eigenvalue weighted by Gasteiger charge is -2.19. The molecule has 0 aliphatic carbocycles. The summed E-state index contributed by atoms with van der Waals surface area (Å²) in [6, 6.07) is 10.2. The maximum atomic E-state index is 6.29. The van der Waals surface area contributed by atoms with E-state index < -0.39 is 0 Å². The lowest BCUT2D eigenvalue weighted by atomic mass is 10.0. The molecule has 210 valence electrons. The van der Waals surface area contributed by atoms with Crippen molar-refractivity contribution in [3.05, 3.63) is 30.3 Å². The minimum absolute atomic E-state index is 0.226. The Bertz CT molecular complexity index is 539. The lowest BCUT2D eigenvalue weighted by molar-refractivity contribution is 0.0352. The summed E-state index contributed by atoms with van der Waals surface area (Å²) in [5, 5.41) is 3.35. The normalized spacial score (nSPS) is 12.2. The summed E-state index contributed by atoms with van der Waals surface area (Å²) in [5.74, 6) is 0.968. The van der Waals surface area contributed by atoms with E-state index in [9.17, 15) is 0 Å². The first kappa shape index (κ1) is 32.9. The van der Waals surface area contributed by atoms with Crippen LogP contribution in [0.25, 0.3) is 0 Å². The highest BCUT2D eigenvalue weighted by Crippen LogP contribution is 2.18. The van der Waals surface area contributed by atoms with Crippen LogP contribution in [0, 0.1) is 0 Å². The third-order valence-electron chi connectivity index (χ3n) is 6.73. The quantitative estimate of drug-likeness (QED) is 0.116. The van der Waals surface area contributed by atoms with Crippen LogP contribution < -0.4 is 10.1 Å². The smallest absolute Gasteiger partial charge is 0.119 e. The van der Waals surface area contributed by atoms with E-state index in [1.807, 2.05) is 18.2 Å². The monoisotopic (exact) mass is 505 g/mol. The van der Waals surface area contributed by atoms with Crippen molar-refractivity contribution in [3.63, 3.8) is 0 Å². The zero-order valence-corrected chi connectivity index (χ0v) is 24.0. The van der Waals surface area contributed by atoms with Gasteiger partial charge in [0.05, 0.1) is 26.4 Å². The van der Waals surface area contributed by atoms with Crippen molar-refractivity contribution in [2.24, 2.45) is 0 Å². The lowest BCUT2D eigenvalue weighted by Crippen LogP contribution is -2.22. The molecule has 0 aromatic heterocycles. The van der Waals surface area contributed by atoms with Crippen molar-refractivity contribution >= 4 is 0 Å². The minimum Gasteiger partial charge on any atom is -0.490 e. The highest BCUT2D eigenvalue weighted by Gasteiger charge is 2.11. The number of benzene rings is 1. The van der Waals surface area contributed by atoms with Crippen LogP contribution in [0.3, 0.4) is 0 Å². The second-order valence-electron chi connectivity index (χ2n) is 10.2. The molecule has 0 saturated carbocycles. The van der Waals surface area contributed by atoms with Gasteiger partial charge in [-0.3, -0.25) is 0 Å². The molecule has 4 heteroatoms. The highest BCUT2D eigenvalue weighted by atomic mass is 16.5. The molecule has 0 amide bonds. The number of rotatable bonds is 28. The Hall–Kier alpha value is -1.10. The third-order valence-corrected chi connectivity index (χ3v) is 6.73. The molecule has 1 unspecified atom stereocenters. The van der Waals surface area contributed by atoms with Gasteiger partial charge in [0.15, 0.2) is 0 Å². The molecule has 0 aliphatic rings. The summed E-state index contributed by atoms with van der Waals surface area (Å²) in [6.07, 6.45) is 23.0. The average Bonchev–Trinajstić information content (AvgIpc) is 2.90. The fraction of sp³-hybridized carbons (Fsp3) is 0.812. The number of unbranched alkanes of at least 4 members (excludes halogenated alkanes) is 13. The molecular weight excluding hydrogens is 446 g/mol. The van der Waals surface area contributed by atoms with Crippen molar-refractivity contribution in [2.75, 3.05) is 39.5 Å². The number of hydrogen-bond donors (Lipinski definition) is 1. The van der Waals surface area contributed by atoms with Crippen molar-refractivity contribution in [1.82, 2.24) is 5.32 Å². The summed E-state index contributed by atoms with van der Waals surface area (Å²) < 4.78 is 17.7. The van der Waals surface area contributed by atoms with Crippen molar-refractivity contribution < 1.29 is 14.2 Å². The van der Waals surface area contributed by atoms with Crippen LogP contribution in [0.4, 0.5) is 0 Å². The number of ether oxygens (including phenoxy) is 3. The van der Waals surface area contributed by atoms with E-state index in [2.05, 4.69) is 31.3 Å². The molecule has 0 radical (unpaired) electrons. The molecular formula is C32H59NO3. The molecule has 1 rings (SSSR count). The standard InChI is InChI=1S/C32H59NO3/c1-3-5-6-7-8-9-10-11-12-13-14-15-16-18-23-32(36-31-21-19-17-20-22-31)24-27-34-29-30-35-28-26-33-25-4-2/h17,19-22,32-33H,3-16,18,23-30H2,1-2H3. The highest BCUT2D eigenvalue weighted by molar-refractivity contribution is 5.21. The van der Waals surface area contributed by atoms with E-state index in [0.29, 0.717) is 13.2 Å². The molecule has 1 aromatic rings. The first-order valence-corrected chi connectivity index (χ1v) is 15.4. The van der Waals surface area contributed by atoms with Gasteiger partial charge in [-0.25, -0.2) is 0 Å². The first-order valence-electron chi connectivity index (χ1n) is 15.4. The van der Waals surface area contributed by atoms with Crippen LogP contribution in [0.1, 0.15) is 123 Å². The Morgan fingerprint density at radius 3 is 1.69 bits per heavy atom. The Morgan fingerprint density at radius 1 is 0.556 bits per heavy atom. The molecule has 4 nitrogen and oxygen atoms in total. The predicted octanol–water partition coefficient (Wildman–Crippen LogP) is 8.73. The molecule has 1 atom stereocenters. The van der Waals surface area contributed by atoms with Gasteiger partial charge in [0, 0.05) is 13.0 Å². The van der Waals surface area contributed by atoms with Crippen LogP contribution in [0.2, 0.25) is 0 Å². The van der Waals surface area contributed by atoms with Crippen LogP contribution in [0.15, 0.2) is 30.3 Å². The number of hydrogen-bond acceptors (Lipinski definition) is 4. The zero-order valence-electron chi connectivity index (χ0n) is 24.0. The molecule has 1 aromatic carbocycles. The Kier molecular flexibility index (Phi) is 24.6. The van der Waals surface area contributed by atoms with Crippen molar-refractivity contribution in [3.8, 4) is 5.75 Å². The molecule has 0 saturated heterocycles. The van der Waals surface area contributed by atoms with Crippen LogP contribution in [0.5, 0.6) is 5.75 Å². The van der Waals surface area contributed by atoms with Crippen molar-refractivity contribution in [2.45, 2.75) is 129 Å². The van der Waals surface area contributed by atoms with E-state index in [1.54, 1.807) is 0 Å². The predicted molar refractivity (Wildman–Crippen MR) is 155 cm³/mol. The van der Waals surface area contributed by atoms with Gasteiger partial charge < -0.3 is 19.5 Å². The maximum absolute atomic E-state index is 6.29. The SMILES string of the molecule is CCCCCCCCCCCCCCCCC(CCOCCOCCNCCC)Oc1ccccc1. The van der Waals surface area contributed by atoms with E-state index in [0.717, 1.165) is 51.3 Å². The second kappa shape index (κ2) is 26.9. The van der Waals surface area contributed by atoms with Gasteiger partial charge in [-0.1, -0.05) is 116 Å². The fourth-order valence-corrected chi connectivity index (χ4v) is 4.50. The van der Waals surface area contributed by atoms with E-state index >= 15 is 0 Å². The fourth-order valence-electron chi connectivity index (χ4n) is 4.50. The third kappa shape index (κ3) is 22.1. The van der Waals surface area contributed by atoms with Crippen LogP contribution in [-0.2, 0) is 9.47 Å². The van der Waals surface area contributed by atoms with Gasteiger partial charge in [0.25, 0.3) is 0 Å². The van der Waals surface area contributed by atoms with Crippen LogP contribution >= 0.6 is 0 Å². The summed E-state index contributed by atoms with van der Waals surface area (Å²) in [6.45, 7) is 9.25. The first-order chi connectivity index (χ1) is 17.9. The van der Waals surface area contributed by atoms with Gasteiger partial charge in [-0.05, 0) is 37.9 Å². The summed E-state index contributed by atoms with van der Waals surface area (Å²) in [4.78, 5) is 0. The number of nitrogens with one attached hydrogen (secondary N) is 1. The molecule has 0 aliphatic heterocycles. The molecule has 0 bridgehead atoms. The van der Waals surface area contributed by atoms with Gasteiger partial charge in [-0.2, -0.15) is 0 Å². The van der Waals surface area contributed by atoms with E-state index in [-0.39, 0.29) is 6.10 Å². The molecule has 36 heavy (non-hydrogen) atoms. The van der Waals surface area contributed by atoms with Gasteiger partial charge in [0.1, 0.15) is 11.9 Å². The number of para-hydroxylation sites is 1. The molecule has 0 spiro atoms. The summed E-state index contributed by atoms with van der Waals surface area (Å²) >= 11 is 0. The van der Waals surface area contributed by atoms with E-state index in [1.165, 1.54) is 89.9 Å². The molecule has 0 heterocycles. The van der Waals surface area contributed by atoms with Crippen molar-refractivity contribution in [1.29, 1.82) is 0 Å². The maximum Gasteiger partial charge on any atom is 0.119 e. The second-order valence-corrected chi connectivity index (χ2v) is 10.2. The van der Waals surface area contributed by atoms with Gasteiger partial charge in [-0.15, -0.1) is 0 Å². The van der Waals surface area contributed by atoms with E-state index in [4.69, 9.17) is 14.2 Å². The summed E-state index contributed by atoms with van der Waals surface area (Å²) in [7, 11) is 0. The summed E-state index contributed by atoms with van der Waals surface area (Å²) in [5.41, 5.74) is 0. The largest absolute Gasteiger partial charge is 0.490 e. The van der Waals surface area contributed by atoms with Gasteiger partial charge >= 0.3 is 0 Å².